The Morgan fingerprint density at radius 2 is 2.25 bits per heavy atom. The molecule has 1 aromatic rings. The maximum Gasteiger partial charge on any atom is 0.0342 e. The van der Waals surface area contributed by atoms with Crippen molar-refractivity contribution < 1.29 is 0 Å². The standard InChI is InChI=1S/C10H10BrN/c1-3-12-7-9-4-5-10(11)6-8(9)2/h3-7H,1H2,2H3. The highest BCUT2D eigenvalue weighted by molar-refractivity contribution is 9.10. The molecule has 0 amide bonds. The van der Waals surface area contributed by atoms with Crippen LogP contribution < -0.4 is 0 Å². The predicted octanol–water partition coefficient (Wildman–Crippen LogP) is 3.32. The van der Waals surface area contributed by atoms with Gasteiger partial charge in [-0.25, -0.2) is 0 Å². The number of halogens is 1. The van der Waals surface area contributed by atoms with E-state index in [0.717, 1.165) is 10.0 Å². The molecule has 0 spiro atoms. The lowest BCUT2D eigenvalue weighted by Crippen LogP contribution is -1.85. The molecule has 0 bridgehead atoms. The van der Waals surface area contributed by atoms with Crippen LogP contribution in [0.15, 0.2) is 40.4 Å². The van der Waals surface area contributed by atoms with Crippen LogP contribution in [0.5, 0.6) is 0 Å². The van der Waals surface area contributed by atoms with Crippen molar-refractivity contribution in [3.05, 3.63) is 46.6 Å². The molecule has 1 rings (SSSR count). The molecule has 0 saturated heterocycles. The van der Waals surface area contributed by atoms with Crippen LogP contribution in [-0.2, 0) is 0 Å². The lowest BCUT2D eigenvalue weighted by molar-refractivity contribution is 1.42. The SMILES string of the molecule is C=CN=Cc1ccc(Br)cc1C. The smallest absolute Gasteiger partial charge is 0.0342 e. The first-order valence-corrected chi connectivity index (χ1v) is 4.43. The highest BCUT2D eigenvalue weighted by atomic mass is 79.9. The molecule has 1 aromatic carbocycles. The van der Waals surface area contributed by atoms with Crippen LogP contribution >= 0.6 is 15.9 Å². The molecule has 12 heavy (non-hydrogen) atoms. The number of rotatable bonds is 2. The van der Waals surface area contributed by atoms with Gasteiger partial charge in [0.15, 0.2) is 0 Å². The minimum atomic E-state index is 1.09. The Labute approximate surface area is 81.0 Å². The summed E-state index contributed by atoms with van der Waals surface area (Å²) in [6, 6.07) is 6.08. The summed E-state index contributed by atoms with van der Waals surface area (Å²) in [5.74, 6) is 0. The van der Waals surface area contributed by atoms with E-state index in [4.69, 9.17) is 0 Å². The van der Waals surface area contributed by atoms with Crippen molar-refractivity contribution in [3.63, 3.8) is 0 Å². The maximum absolute atomic E-state index is 3.96. The molecule has 0 fully saturated rings. The summed E-state index contributed by atoms with van der Waals surface area (Å²) in [5.41, 5.74) is 2.33. The molecule has 0 aliphatic carbocycles. The largest absolute Gasteiger partial charge is 0.265 e. The summed E-state index contributed by atoms with van der Waals surface area (Å²) in [6.45, 7) is 5.57. The summed E-state index contributed by atoms with van der Waals surface area (Å²) >= 11 is 3.40. The van der Waals surface area contributed by atoms with E-state index in [1.54, 1.807) is 6.21 Å². The third kappa shape index (κ3) is 2.31. The van der Waals surface area contributed by atoms with Gasteiger partial charge in [-0.3, -0.25) is 4.99 Å². The molecule has 1 nitrogen and oxygen atoms in total. The Bertz CT molecular complexity index is 316. The van der Waals surface area contributed by atoms with Gasteiger partial charge in [-0.1, -0.05) is 28.6 Å². The lowest BCUT2D eigenvalue weighted by Gasteiger charge is -1.98. The van der Waals surface area contributed by atoms with Gasteiger partial charge in [0.2, 0.25) is 0 Å². The fourth-order valence-electron chi connectivity index (χ4n) is 0.917. The molecule has 0 saturated carbocycles. The molecule has 0 heterocycles. The Kier molecular flexibility index (Phi) is 3.23. The van der Waals surface area contributed by atoms with E-state index in [1.807, 2.05) is 12.1 Å². The molecule has 0 radical (unpaired) electrons. The van der Waals surface area contributed by atoms with Crippen LogP contribution in [0, 0.1) is 6.92 Å². The van der Waals surface area contributed by atoms with Crippen molar-refractivity contribution in [2.24, 2.45) is 4.99 Å². The summed E-state index contributed by atoms with van der Waals surface area (Å²) in [5, 5.41) is 0. The zero-order valence-corrected chi connectivity index (χ0v) is 8.51. The van der Waals surface area contributed by atoms with Gasteiger partial charge < -0.3 is 0 Å². The molecule has 0 N–H and O–H groups in total. The molecule has 0 aromatic heterocycles. The quantitative estimate of drug-likeness (QED) is 0.683. The Balaban J connectivity index is 3.01. The Hall–Kier alpha value is -0.890. The number of nitrogens with zero attached hydrogens (tertiary/aromatic N) is 1. The number of hydrogen-bond donors (Lipinski definition) is 0. The van der Waals surface area contributed by atoms with Crippen LogP contribution in [0.3, 0.4) is 0 Å². The average molecular weight is 224 g/mol. The number of benzene rings is 1. The molecule has 0 aliphatic rings. The normalized spacial score (nSPS) is 10.5. The molecular weight excluding hydrogens is 214 g/mol. The Morgan fingerprint density at radius 1 is 1.50 bits per heavy atom. The van der Waals surface area contributed by atoms with Crippen LogP contribution in [-0.4, -0.2) is 6.21 Å². The zero-order chi connectivity index (χ0) is 8.97. The third-order valence-corrected chi connectivity index (χ3v) is 2.04. The average Bonchev–Trinajstić information content (AvgIpc) is 2.03. The van der Waals surface area contributed by atoms with Crippen molar-refractivity contribution in [1.82, 2.24) is 0 Å². The van der Waals surface area contributed by atoms with E-state index in [2.05, 4.69) is 40.5 Å². The Morgan fingerprint density at radius 3 is 2.83 bits per heavy atom. The van der Waals surface area contributed by atoms with Gasteiger partial charge in [0.05, 0.1) is 0 Å². The number of hydrogen-bond acceptors (Lipinski definition) is 1. The van der Waals surface area contributed by atoms with E-state index < -0.39 is 0 Å². The van der Waals surface area contributed by atoms with Gasteiger partial charge in [0, 0.05) is 16.9 Å². The van der Waals surface area contributed by atoms with Crippen LogP contribution in [0.25, 0.3) is 0 Å². The monoisotopic (exact) mass is 223 g/mol. The van der Waals surface area contributed by atoms with Crippen molar-refractivity contribution in [2.45, 2.75) is 6.92 Å². The van der Waals surface area contributed by atoms with Gasteiger partial charge >= 0.3 is 0 Å². The van der Waals surface area contributed by atoms with Gasteiger partial charge in [-0.2, -0.15) is 0 Å². The van der Waals surface area contributed by atoms with Crippen LogP contribution in [0.2, 0.25) is 0 Å². The van der Waals surface area contributed by atoms with Crippen molar-refractivity contribution in [1.29, 1.82) is 0 Å². The third-order valence-electron chi connectivity index (χ3n) is 1.55. The van der Waals surface area contributed by atoms with Crippen molar-refractivity contribution in [3.8, 4) is 0 Å². The first-order chi connectivity index (χ1) is 5.74. The second-order valence-corrected chi connectivity index (χ2v) is 3.38. The van der Waals surface area contributed by atoms with E-state index >= 15 is 0 Å². The summed E-state index contributed by atoms with van der Waals surface area (Å²) in [4.78, 5) is 3.96. The second-order valence-electron chi connectivity index (χ2n) is 2.46. The summed E-state index contributed by atoms with van der Waals surface area (Å²) in [6.07, 6.45) is 3.33. The molecule has 62 valence electrons. The summed E-state index contributed by atoms with van der Waals surface area (Å²) < 4.78 is 1.09. The molecule has 0 atom stereocenters. The first kappa shape index (κ1) is 9.20. The maximum atomic E-state index is 3.96. The van der Waals surface area contributed by atoms with E-state index in [1.165, 1.54) is 11.8 Å². The fourth-order valence-corrected chi connectivity index (χ4v) is 1.39. The van der Waals surface area contributed by atoms with E-state index in [-0.39, 0.29) is 0 Å². The van der Waals surface area contributed by atoms with Gasteiger partial charge in [-0.05, 0) is 30.2 Å². The lowest BCUT2D eigenvalue weighted by atomic mass is 10.1. The predicted molar refractivity (Wildman–Crippen MR) is 56.7 cm³/mol. The zero-order valence-electron chi connectivity index (χ0n) is 6.92. The van der Waals surface area contributed by atoms with Gasteiger partial charge in [0.25, 0.3) is 0 Å². The van der Waals surface area contributed by atoms with Gasteiger partial charge in [0.1, 0.15) is 0 Å². The van der Waals surface area contributed by atoms with Crippen LogP contribution in [0.1, 0.15) is 11.1 Å². The minimum Gasteiger partial charge on any atom is -0.265 e. The number of aryl methyl sites for hydroxylation is 1. The second kappa shape index (κ2) is 4.21. The van der Waals surface area contributed by atoms with Crippen molar-refractivity contribution in [2.75, 3.05) is 0 Å². The first-order valence-electron chi connectivity index (χ1n) is 3.64. The molecule has 0 aliphatic heterocycles. The summed E-state index contributed by atoms with van der Waals surface area (Å²) in [7, 11) is 0. The fraction of sp³-hybridized carbons (Fsp3) is 0.100. The minimum absolute atomic E-state index is 1.09. The molecule has 2 heteroatoms. The highest BCUT2D eigenvalue weighted by Crippen LogP contribution is 2.14. The highest BCUT2D eigenvalue weighted by Gasteiger charge is 1.94. The molecular formula is C10H10BrN. The van der Waals surface area contributed by atoms with Crippen molar-refractivity contribution >= 4 is 22.1 Å². The van der Waals surface area contributed by atoms with E-state index in [9.17, 15) is 0 Å². The van der Waals surface area contributed by atoms with Gasteiger partial charge in [-0.15, -0.1) is 0 Å². The number of aliphatic imine (C=N–C) groups is 1. The topological polar surface area (TPSA) is 12.4 Å². The van der Waals surface area contributed by atoms with E-state index in [0.29, 0.717) is 0 Å². The molecule has 0 unspecified atom stereocenters. The van der Waals surface area contributed by atoms with Crippen LogP contribution in [0.4, 0.5) is 0 Å².